The van der Waals surface area contributed by atoms with Gasteiger partial charge in [0.1, 0.15) is 0 Å². The van der Waals surface area contributed by atoms with Crippen LogP contribution >= 0.6 is 0 Å². The molecule has 0 saturated heterocycles. The first kappa shape index (κ1) is 30.8. The molecule has 0 fully saturated rings. The summed E-state index contributed by atoms with van der Waals surface area (Å²) in [6.07, 6.45) is 0.786. The Hall–Kier alpha value is -1.18. The highest BCUT2D eigenvalue weighted by Crippen LogP contribution is 2.41. The maximum atomic E-state index is 13.2. The van der Waals surface area contributed by atoms with Gasteiger partial charge in [-0.1, -0.05) is 55.4 Å². The van der Waals surface area contributed by atoms with Gasteiger partial charge in [-0.25, -0.2) is 0 Å². The van der Waals surface area contributed by atoms with E-state index in [4.69, 9.17) is 15.2 Å². The minimum absolute atomic E-state index is 0.0200. The molecule has 0 spiro atoms. The average Bonchev–Trinajstić information content (AvgIpc) is 2.65. The van der Waals surface area contributed by atoms with Gasteiger partial charge in [0.2, 0.25) is 11.8 Å². The molecule has 7 nitrogen and oxygen atoms in total. The van der Waals surface area contributed by atoms with Crippen LogP contribution in [0.2, 0.25) is 0 Å². The van der Waals surface area contributed by atoms with E-state index in [1.807, 2.05) is 14.1 Å². The lowest BCUT2D eigenvalue weighted by molar-refractivity contribution is -0.140. The van der Waals surface area contributed by atoms with Crippen LogP contribution < -0.4 is 11.1 Å². The Labute approximate surface area is 197 Å². The van der Waals surface area contributed by atoms with Gasteiger partial charge in [-0.15, -0.1) is 0 Å². The number of hydrogen-bond acceptors (Lipinski definition) is 5. The molecule has 0 radical (unpaired) electrons. The lowest BCUT2D eigenvalue weighted by atomic mass is 9.65. The van der Waals surface area contributed by atoms with Crippen LogP contribution in [0.4, 0.5) is 0 Å². The molecule has 32 heavy (non-hydrogen) atoms. The van der Waals surface area contributed by atoms with Gasteiger partial charge in [-0.05, 0) is 29.1 Å². The molecule has 0 heterocycles. The molecular weight excluding hydrogens is 406 g/mol. The zero-order chi connectivity index (χ0) is 25.1. The monoisotopic (exact) mass is 457 g/mol. The SMILES string of the molecule is CC(C(CC(C)(C)C)C(=O)N(C)C)C(C)C(C(=O)NCCOCCOCCN)C(C)(C)C. The Bertz CT molecular complexity index is 552. The van der Waals surface area contributed by atoms with Crippen LogP contribution in [-0.4, -0.2) is 70.3 Å². The van der Waals surface area contributed by atoms with Gasteiger partial charge in [0.15, 0.2) is 0 Å². The Kier molecular flexibility index (Phi) is 13.6. The predicted molar refractivity (Wildman–Crippen MR) is 131 cm³/mol. The van der Waals surface area contributed by atoms with Crippen molar-refractivity contribution in [1.82, 2.24) is 10.2 Å². The van der Waals surface area contributed by atoms with Crippen molar-refractivity contribution in [2.75, 3.05) is 53.6 Å². The summed E-state index contributed by atoms with van der Waals surface area (Å²) < 4.78 is 10.8. The second kappa shape index (κ2) is 14.2. The molecule has 2 amide bonds. The van der Waals surface area contributed by atoms with Gasteiger partial charge in [-0.2, -0.15) is 0 Å². The third kappa shape index (κ3) is 11.6. The Morgan fingerprint density at radius 2 is 1.44 bits per heavy atom. The summed E-state index contributed by atoms with van der Waals surface area (Å²) in [6, 6.07) is 0. The molecule has 0 rings (SSSR count). The highest BCUT2D eigenvalue weighted by atomic mass is 16.5. The van der Waals surface area contributed by atoms with Crippen molar-refractivity contribution in [2.24, 2.45) is 40.2 Å². The lowest BCUT2D eigenvalue weighted by Gasteiger charge is -2.41. The van der Waals surface area contributed by atoms with Crippen LogP contribution in [0.1, 0.15) is 61.8 Å². The summed E-state index contributed by atoms with van der Waals surface area (Å²) in [5.74, 6) is -0.0894. The number of hydrogen-bond donors (Lipinski definition) is 2. The van der Waals surface area contributed by atoms with Gasteiger partial charge in [-0.3, -0.25) is 9.59 Å². The summed E-state index contributed by atoms with van der Waals surface area (Å²) in [6.45, 7) is 19.9. The summed E-state index contributed by atoms with van der Waals surface area (Å²) >= 11 is 0. The van der Waals surface area contributed by atoms with Gasteiger partial charge < -0.3 is 25.4 Å². The van der Waals surface area contributed by atoms with Crippen molar-refractivity contribution in [3.63, 3.8) is 0 Å². The number of amides is 2. The predicted octanol–water partition coefficient (Wildman–Crippen LogP) is 3.17. The molecule has 3 N–H and O–H groups in total. The number of nitrogens with zero attached hydrogens (tertiary/aromatic N) is 1. The molecule has 4 atom stereocenters. The molecule has 0 aliphatic rings. The van der Waals surface area contributed by atoms with Crippen LogP contribution in [0.15, 0.2) is 0 Å². The van der Waals surface area contributed by atoms with Gasteiger partial charge in [0.25, 0.3) is 0 Å². The average molecular weight is 458 g/mol. The van der Waals surface area contributed by atoms with Crippen LogP contribution in [0.5, 0.6) is 0 Å². The first-order valence-electron chi connectivity index (χ1n) is 12.0. The fourth-order valence-electron chi connectivity index (χ4n) is 4.34. The number of ether oxygens (including phenoxy) is 2. The molecule has 4 unspecified atom stereocenters. The van der Waals surface area contributed by atoms with Crippen molar-refractivity contribution in [2.45, 2.75) is 61.8 Å². The molecule has 190 valence electrons. The number of rotatable bonds is 14. The molecule has 0 bridgehead atoms. The van der Waals surface area contributed by atoms with E-state index in [1.165, 1.54) is 0 Å². The van der Waals surface area contributed by atoms with Crippen molar-refractivity contribution in [1.29, 1.82) is 0 Å². The molecule has 0 aromatic heterocycles. The summed E-state index contributed by atoms with van der Waals surface area (Å²) in [5.41, 5.74) is 5.17. The first-order valence-corrected chi connectivity index (χ1v) is 12.0. The van der Waals surface area contributed by atoms with Crippen molar-refractivity contribution < 1.29 is 19.1 Å². The highest BCUT2D eigenvalue weighted by Gasteiger charge is 2.42. The quantitative estimate of drug-likeness (QED) is 0.391. The number of carbonyl (C=O) groups is 2. The zero-order valence-electron chi connectivity index (χ0n) is 22.4. The summed E-state index contributed by atoms with van der Waals surface area (Å²) in [5, 5.41) is 3.05. The Morgan fingerprint density at radius 1 is 0.906 bits per heavy atom. The van der Waals surface area contributed by atoms with Crippen LogP contribution in [-0.2, 0) is 19.1 Å². The van der Waals surface area contributed by atoms with E-state index >= 15 is 0 Å². The van der Waals surface area contributed by atoms with E-state index < -0.39 is 0 Å². The van der Waals surface area contributed by atoms with Crippen LogP contribution in [0, 0.1) is 34.5 Å². The summed E-state index contributed by atoms with van der Waals surface area (Å²) in [4.78, 5) is 27.9. The normalized spacial score (nSPS) is 16.2. The smallest absolute Gasteiger partial charge is 0.225 e. The maximum Gasteiger partial charge on any atom is 0.225 e. The first-order chi connectivity index (χ1) is 14.6. The van der Waals surface area contributed by atoms with Crippen LogP contribution in [0.25, 0.3) is 0 Å². The molecular formula is C25H51N3O4. The fraction of sp³-hybridized carbons (Fsp3) is 0.920. The minimum Gasteiger partial charge on any atom is -0.378 e. The molecule has 0 aromatic rings. The molecule has 0 aromatic carbocycles. The van der Waals surface area contributed by atoms with Crippen molar-refractivity contribution >= 4 is 11.8 Å². The standard InChI is InChI=1S/C25H51N3O4/c1-18(20(17-24(3,4)5)23(30)28(9)10)19(2)21(25(6,7)8)22(29)27-12-14-32-16-15-31-13-11-26/h18-21H,11-17,26H2,1-10H3,(H,27,29). The van der Waals surface area contributed by atoms with Crippen molar-refractivity contribution in [3.05, 3.63) is 0 Å². The molecule has 0 saturated carbocycles. The molecule has 0 aliphatic carbocycles. The highest BCUT2D eigenvalue weighted by molar-refractivity contribution is 5.81. The maximum absolute atomic E-state index is 13.2. The van der Waals surface area contributed by atoms with E-state index in [0.29, 0.717) is 39.5 Å². The van der Waals surface area contributed by atoms with E-state index in [2.05, 4.69) is 60.7 Å². The third-order valence-corrected chi connectivity index (χ3v) is 5.98. The fourth-order valence-corrected chi connectivity index (χ4v) is 4.34. The van der Waals surface area contributed by atoms with E-state index in [-0.39, 0.29) is 46.3 Å². The van der Waals surface area contributed by atoms with E-state index in [0.717, 1.165) is 6.42 Å². The Morgan fingerprint density at radius 3 is 1.88 bits per heavy atom. The second-order valence-electron chi connectivity index (χ2n) is 11.5. The van der Waals surface area contributed by atoms with Gasteiger partial charge in [0.05, 0.1) is 26.4 Å². The number of nitrogens with one attached hydrogen (secondary N) is 1. The number of carbonyl (C=O) groups excluding carboxylic acids is 2. The molecule has 7 heteroatoms. The van der Waals surface area contributed by atoms with Gasteiger partial charge in [0, 0.05) is 39.0 Å². The Balaban J connectivity index is 5.19. The topological polar surface area (TPSA) is 93.9 Å². The lowest BCUT2D eigenvalue weighted by Crippen LogP contribution is -2.47. The number of nitrogens with two attached hydrogens (primary N) is 1. The van der Waals surface area contributed by atoms with E-state index in [9.17, 15) is 9.59 Å². The zero-order valence-corrected chi connectivity index (χ0v) is 22.4. The molecule has 0 aliphatic heterocycles. The minimum atomic E-state index is -0.234. The second-order valence-corrected chi connectivity index (χ2v) is 11.5. The third-order valence-electron chi connectivity index (χ3n) is 5.98. The van der Waals surface area contributed by atoms with Crippen LogP contribution in [0.3, 0.4) is 0 Å². The largest absolute Gasteiger partial charge is 0.378 e. The van der Waals surface area contributed by atoms with Gasteiger partial charge >= 0.3 is 0 Å². The van der Waals surface area contributed by atoms with Crippen molar-refractivity contribution in [3.8, 4) is 0 Å². The summed E-state index contributed by atoms with van der Waals surface area (Å²) in [7, 11) is 3.62. The van der Waals surface area contributed by atoms with E-state index in [1.54, 1.807) is 4.90 Å².